The minimum atomic E-state index is -0.405. The average Bonchev–Trinajstić information content (AvgIpc) is 2.27. The Bertz CT molecular complexity index is 504. The lowest BCUT2D eigenvalue weighted by Gasteiger charge is -2.33. The molecule has 0 aliphatic rings. The number of hydrogen-bond donors (Lipinski definition) is 2. The van der Waals surface area contributed by atoms with Crippen molar-refractivity contribution in [1.29, 1.82) is 0 Å². The van der Waals surface area contributed by atoms with E-state index in [1.165, 1.54) is 6.07 Å². The van der Waals surface area contributed by atoms with Gasteiger partial charge in [-0.3, -0.25) is 4.79 Å². The van der Waals surface area contributed by atoms with Gasteiger partial charge in [0.05, 0.1) is 11.3 Å². The monoisotopic (exact) mass is 294 g/mol. The molecule has 0 fully saturated rings. The van der Waals surface area contributed by atoms with Crippen molar-refractivity contribution >= 4 is 11.6 Å². The van der Waals surface area contributed by atoms with E-state index >= 15 is 0 Å². The zero-order chi connectivity index (χ0) is 16.3. The lowest BCUT2D eigenvalue weighted by atomic mass is 9.81. The van der Waals surface area contributed by atoms with Gasteiger partial charge in [0.2, 0.25) is 0 Å². The molecule has 0 radical (unpaired) electrons. The molecule has 1 aromatic rings. The predicted octanol–water partition coefficient (Wildman–Crippen LogP) is 4.20. The van der Waals surface area contributed by atoms with Crippen molar-refractivity contribution in [1.82, 2.24) is 5.32 Å². The quantitative estimate of drug-likeness (QED) is 0.854. The molecular formula is C17H27FN2O. The highest BCUT2D eigenvalue weighted by Crippen LogP contribution is 2.28. The highest BCUT2D eigenvalue weighted by Gasteiger charge is 2.28. The van der Waals surface area contributed by atoms with Gasteiger partial charge >= 0.3 is 0 Å². The Morgan fingerprint density at radius 1 is 1.19 bits per heavy atom. The molecule has 2 N–H and O–H groups in total. The molecule has 0 aliphatic heterocycles. The minimum Gasteiger partial charge on any atom is -0.382 e. The predicted molar refractivity (Wildman–Crippen MR) is 86.2 cm³/mol. The molecule has 0 bridgehead atoms. The Morgan fingerprint density at radius 2 is 1.81 bits per heavy atom. The molecule has 0 aliphatic carbocycles. The fourth-order valence-electron chi connectivity index (χ4n) is 2.81. The van der Waals surface area contributed by atoms with E-state index < -0.39 is 5.82 Å². The molecule has 0 heterocycles. The fourth-order valence-corrected chi connectivity index (χ4v) is 2.81. The maximum atomic E-state index is 13.9. The highest BCUT2D eigenvalue weighted by molar-refractivity contribution is 6.00. The third kappa shape index (κ3) is 5.37. The topological polar surface area (TPSA) is 41.1 Å². The Kier molecular flexibility index (Phi) is 5.37. The summed E-state index contributed by atoms with van der Waals surface area (Å²) in [7, 11) is 0. The van der Waals surface area contributed by atoms with Crippen LogP contribution in [0.2, 0.25) is 0 Å². The van der Waals surface area contributed by atoms with Crippen LogP contribution in [0, 0.1) is 11.2 Å². The fraction of sp³-hybridized carbons (Fsp3) is 0.588. The van der Waals surface area contributed by atoms with Gasteiger partial charge in [0, 0.05) is 12.1 Å². The van der Waals surface area contributed by atoms with Crippen molar-refractivity contribution in [2.24, 2.45) is 5.41 Å². The number of nitrogens with one attached hydrogen (secondary N) is 2. The van der Waals surface area contributed by atoms with Crippen LogP contribution in [-0.4, -0.2) is 18.0 Å². The average molecular weight is 294 g/mol. The van der Waals surface area contributed by atoms with Gasteiger partial charge < -0.3 is 10.6 Å². The summed E-state index contributed by atoms with van der Waals surface area (Å²) in [6, 6.07) is 4.56. The molecule has 0 atom stereocenters. The molecule has 21 heavy (non-hydrogen) atoms. The third-order valence-electron chi connectivity index (χ3n) is 3.04. The van der Waals surface area contributed by atoms with E-state index in [4.69, 9.17) is 0 Å². The lowest BCUT2D eigenvalue weighted by Crippen LogP contribution is -2.46. The molecule has 1 amide bonds. The first-order chi connectivity index (χ1) is 9.56. The van der Waals surface area contributed by atoms with Crippen molar-refractivity contribution < 1.29 is 9.18 Å². The molecule has 0 unspecified atom stereocenters. The largest absolute Gasteiger partial charge is 0.382 e. The van der Waals surface area contributed by atoms with E-state index in [0.717, 1.165) is 6.42 Å². The van der Waals surface area contributed by atoms with Crippen molar-refractivity contribution in [3.8, 4) is 0 Å². The van der Waals surface area contributed by atoms with Gasteiger partial charge in [0.1, 0.15) is 5.82 Å². The number of rotatable bonds is 5. The van der Waals surface area contributed by atoms with Crippen molar-refractivity contribution in [3.63, 3.8) is 0 Å². The number of anilines is 1. The van der Waals surface area contributed by atoms with Crippen LogP contribution in [0.25, 0.3) is 0 Å². The van der Waals surface area contributed by atoms with Gasteiger partial charge in [0.15, 0.2) is 0 Å². The summed E-state index contributed by atoms with van der Waals surface area (Å²) in [5, 5.41) is 5.93. The van der Waals surface area contributed by atoms with Gasteiger partial charge in [-0.25, -0.2) is 4.39 Å². The van der Waals surface area contributed by atoms with Gasteiger partial charge in [-0.05, 0) is 44.7 Å². The molecule has 0 spiro atoms. The van der Waals surface area contributed by atoms with E-state index in [1.807, 2.05) is 20.8 Å². The summed E-state index contributed by atoms with van der Waals surface area (Å²) in [5.41, 5.74) is 0.358. The van der Waals surface area contributed by atoms with E-state index in [9.17, 15) is 9.18 Å². The second-order valence-corrected chi connectivity index (χ2v) is 7.27. The maximum Gasteiger partial charge on any atom is 0.253 e. The minimum absolute atomic E-state index is 0.100. The molecule has 4 heteroatoms. The van der Waals surface area contributed by atoms with Crippen LogP contribution in [0.3, 0.4) is 0 Å². The number of para-hydroxylation sites is 1. The molecule has 1 rings (SSSR count). The number of halogens is 1. The third-order valence-corrected chi connectivity index (χ3v) is 3.04. The molecule has 0 saturated heterocycles. The van der Waals surface area contributed by atoms with Crippen LogP contribution in [0.1, 0.15) is 58.3 Å². The molecule has 1 aromatic carbocycles. The second-order valence-electron chi connectivity index (χ2n) is 7.27. The lowest BCUT2D eigenvalue weighted by molar-refractivity contribution is 0.0892. The van der Waals surface area contributed by atoms with Crippen molar-refractivity contribution in [3.05, 3.63) is 29.6 Å². The number of carbonyl (C=O) groups is 1. The summed E-state index contributed by atoms with van der Waals surface area (Å²) in [6.45, 7) is 12.8. The number of amides is 1. The van der Waals surface area contributed by atoms with Crippen LogP contribution in [0.4, 0.5) is 10.1 Å². The summed E-state index contributed by atoms with van der Waals surface area (Å²) >= 11 is 0. The number of hydrogen-bond acceptors (Lipinski definition) is 2. The van der Waals surface area contributed by atoms with E-state index in [1.54, 1.807) is 12.1 Å². The maximum absolute atomic E-state index is 13.9. The van der Waals surface area contributed by atoms with Gasteiger partial charge in [-0.2, -0.15) is 0 Å². The van der Waals surface area contributed by atoms with Crippen molar-refractivity contribution in [2.45, 2.75) is 53.5 Å². The zero-order valence-electron chi connectivity index (χ0n) is 13.9. The summed E-state index contributed by atoms with van der Waals surface area (Å²) < 4.78 is 13.9. The molecular weight excluding hydrogens is 267 g/mol. The SMILES string of the molecule is CCNc1c(F)cccc1C(=O)NC(C)(C)CC(C)(C)C. The van der Waals surface area contributed by atoms with E-state index in [0.29, 0.717) is 12.1 Å². The standard InChI is InChI=1S/C17H27FN2O/c1-7-19-14-12(9-8-10-13(14)18)15(21)20-17(5,6)11-16(2,3)4/h8-10,19H,7,11H2,1-6H3,(H,20,21). The molecule has 0 aromatic heterocycles. The first-order valence-electron chi connectivity index (χ1n) is 7.40. The molecule has 0 saturated carbocycles. The smallest absolute Gasteiger partial charge is 0.253 e. The summed E-state index contributed by atoms with van der Waals surface area (Å²) in [6.07, 6.45) is 0.831. The second kappa shape index (κ2) is 6.46. The van der Waals surface area contributed by atoms with Crippen LogP contribution in [-0.2, 0) is 0 Å². The molecule has 3 nitrogen and oxygen atoms in total. The Labute approximate surface area is 127 Å². The zero-order valence-corrected chi connectivity index (χ0v) is 13.9. The Morgan fingerprint density at radius 3 is 2.33 bits per heavy atom. The van der Waals surface area contributed by atoms with Crippen LogP contribution in [0.5, 0.6) is 0 Å². The molecule has 118 valence electrons. The van der Waals surface area contributed by atoms with Crippen LogP contribution >= 0.6 is 0 Å². The van der Waals surface area contributed by atoms with Crippen LogP contribution in [0.15, 0.2) is 18.2 Å². The van der Waals surface area contributed by atoms with Crippen LogP contribution < -0.4 is 10.6 Å². The Balaban J connectivity index is 2.97. The van der Waals surface area contributed by atoms with Crippen molar-refractivity contribution in [2.75, 3.05) is 11.9 Å². The summed E-state index contributed by atoms with van der Waals surface area (Å²) in [4.78, 5) is 12.5. The number of benzene rings is 1. The normalized spacial score (nSPS) is 12.1. The van der Waals surface area contributed by atoms with Gasteiger partial charge in [-0.15, -0.1) is 0 Å². The summed E-state index contributed by atoms with van der Waals surface area (Å²) in [5.74, 6) is -0.655. The van der Waals surface area contributed by atoms with Gasteiger partial charge in [-0.1, -0.05) is 26.8 Å². The van der Waals surface area contributed by atoms with E-state index in [2.05, 4.69) is 31.4 Å². The first-order valence-corrected chi connectivity index (χ1v) is 7.40. The highest BCUT2D eigenvalue weighted by atomic mass is 19.1. The van der Waals surface area contributed by atoms with E-state index in [-0.39, 0.29) is 22.5 Å². The first kappa shape index (κ1) is 17.5. The Hall–Kier alpha value is -1.58. The van der Waals surface area contributed by atoms with Gasteiger partial charge in [0.25, 0.3) is 5.91 Å². The number of carbonyl (C=O) groups excluding carboxylic acids is 1.